The number of halogens is 1. The van der Waals surface area contributed by atoms with E-state index < -0.39 is 42.3 Å². The Bertz CT molecular complexity index is 1110. The van der Waals surface area contributed by atoms with Gasteiger partial charge in [-0.05, 0) is 56.5 Å². The summed E-state index contributed by atoms with van der Waals surface area (Å²) in [5.41, 5.74) is 2.08. The monoisotopic (exact) mass is 516 g/mol. The fourth-order valence-electron chi connectivity index (χ4n) is 4.17. The standard InChI is InChI=1S/C27H33ClN2O6/c1-16(2)14-30-21-10-9-19(28)12-20(21)24(35-22(26(30)34)13-23(32)33)17-7-6-8-18(11-17)25(29-15-31)36-27(3,4)5/h6-12,15-16,22,24-25H,13-14H2,1-5H3,(H,29,31)(H,32,33). The number of hydrogen-bond donors (Lipinski definition) is 2. The molecule has 8 nitrogen and oxygen atoms in total. The van der Waals surface area contributed by atoms with Gasteiger partial charge in [0.25, 0.3) is 5.91 Å². The Kier molecular flexibility index (Phi) is 8.76. The van der Waals surface area contributed by atoms with Crippen LogP contribution in [0.15, 0.2) is 42.5 Å². The average Bonchev–Trinajstić information content (AvgIpc) is 2.88. The first-order chi connectivity index (χ1) is 16.9. The van der Waals surface area contributed by atoms with Gasteiger partial charge in [-0.25, -0.2) is 0 Å². The molecule has 2 amide bonds. The summed E-state index contributed by atoms with van der Waals surface area (Å²) in [4.78, 5) is 38.0. The summed E-state index contributed by atoms with van der Waals surface area (Å²) in [5.74, 6) is -1.42. The van der Waals surface area contributed by atoms with Crippen LogP contribution in [0.4, 0.5) is 5.69 Å². The van der Waals surface area contributed by atoms with Crippen molar-refractivity contribution in [2.45, 2.75) is 65.1 Å². The Hall–Kier alpha value is -2.94. The molecule has 0 radical (unpaired) electrons. The number of nitrogens with zero attached hydrogens (tertiary/aromatic N) is 1. The fraction of sp³-hybridized carbons (Fsp3) is 0.444. The van der Waals surface area contributed by atoms with E-state index in [2.05, 4.69) is 5.32 Å². The minimum atomic E-state index is -1.20. The van der Waals surface area contributed by atoms with Crippen LogP contribution in [-0.2, 0) is 23.9 Å². The second-order valence-corrected chi connectivity index (χ2v) is 10.6. The second-order valence-electron chi connectivity index (χ2n) is 10.2. The predicted molar refractivity (Wildman–Crippen MR) is 137 cm³/mol. The van der Waals surface area contributed by atoms with Crippen LogP contribution in [0.3, 0.4) is 0 Å². The van der Waals surface area contributed by atoms with Crippen molar-refractivity contribution in [3.8, 4) is 0 Å². The smallest absolute Gasteiger partial charge is 0.306 e. The van der Waals surface area contributed by atoms with Gasteiger partial charge in [-0.15, -0.1) is 0 Å². The second kappa shape index (κ2) is 11.4. The topological polar surface area (TPSA) is 105 Å². The number of fused-ring (bicyclic) bond motifs is 1. The molecular formula is C27H33ClN2O6. The molecule has 2 aromatic carbocycles. The zero-order valence-electron chi connectivity index (χ0n) is 21.2. The molecule has 9 heteroatoms. The third-order valence-electron chi connectivity index (χ3n) is 5.52. The summed E-state index contributed by atoms with van der Waals surface area (Å²) in [6.07, 6.45) is -2.60. The summed E-state index contributed by atoms with van der Waals surface area (Å²) >= 11 is 6.37. The first kappa shape index (κ1) is 27.6. The third-order valence-corrected chi connectivity index (χ3v) is 5.75. The molecule has 1 heterocycles. The zero-order valence-corrected chi connectivity index (χ0v) is 21.9. The van der Waals surface area contributed by atoms with Gasteiger partial charge in [0.1, 0.15) is 12.2 Å². The van der Waals surface area contributed by atoms with Gasteiger partial charge >= 0.3 is 5.97 Å². The van der Waals surface area contributed by atoms with E-state index in [0.717, 1.165) is 0 Å². The molecule has 2 N–H and O–H groups in total. The quantitative estimate of drug-likeness (QED) is 0.364. The van der Waals surface area contributed by atoms with Crippen molar-refractivity contribution in [2.75, 3.05) is 11.4 Å². The number of amides is 2. The number of benzene rings is 2. The molecule has 0 spiro atoms. The fourth-order valence-corrected chi connectivity index (χ4v) is 4.35. The van der Waals surface area contributed by atoms with Gasteiger partial charge in [0.2, 0.25) is 6.41 Å². The molecule has 0 saturated carbocycles. The molecule has 1 aliphatic heterocycles. The van der Waals surface area contributed by atoms with E-state index in [9.17, 15) is 19.5 Å². The summed E-state index contributed by atoms with van der Waals surface area (Å²) in [7, 11) is 0. The normalized spacial score (nSPS) is 19.0. The van der Waals surface area contributed by atoms with Crippen molar-refractivity contribution >= 4 is 35.6 Å². The zero-order chi connectivity index (χ0) is 26.6. The minimum absolute atomic E-state index is 0.132. The van der Waals surface area contributed by atoms with E-state index >= 15 is 0 Å². The number of aliphatic carboxylic acids is 1. The highest BCUT2D eigenvalue weighted by Crippen LogP contribution is 2.41. The van der Waals surface area contributed by atoms with Crippen molar-refractivity contribution in [1.82, 2.24) is 5.32 Å². The molecule has 1 aliphatic rings. The van der Waals surface area contributed by atoms with Gasteiger partial charge in [0.05, 0.1) is 12.0 Å². The lowest BCUT2D eigenvalue weighted by Gasteiger charge is -2.28. The van der Waals surface area contributed by atoms with Gasteiger partial charge < -0.3 is 24.8 Å². The maximum atomic E-state index is 13.5. The molecule has 3 unspecified atom stereocenters. The van der Waals surface area contributed by atoms with Crippen LogP contribution < -0.4 is 10.2 Å². The van der Waals surface area contributed by atoms with Crippen LogP contribution in [0.25, 0.3) is 0 Å². The van der Waals surface area contributed by atoms with Gasteiger partial charge in [-0.3, -0.25) is 14.4 Å². The maximum Gasteiger partial charge on any atom is 0.306 e. The van der Waals surface area contributed by atoms with E-state index in [1.165, 1.54) is 0 Å². The van der Waals surface area contributed by atoms with Crippen LogP contribution >= 0.6 is 11.6 Å². The Balaban J connectivity index is 2.15. The van der Waals surface area contributed by atoms with E-state index in [4.69, 9.17) is 21.1 Å². The van der Waals surface area contributed by atoms with Gasteiger partial charge in [0.15, 0.2) is 6.23 Å². The molecule has 0 bridgehead atoms. The Morgan fingerprint density at radius 3 is 2.58 bits per heavy atom. The first-order valence-corrected chi connectivity index (χ1v) is 12.2. The first-order valence-electron chi connectivity index (χ1n) is 11.8. The molecular weight excluding hydrogens is 484 g/mol. The molecule has 2 aromatic rings. The number of carbonyl (C=O) groups is 3. The SMILES string of the molecule is CC(C)CN1C(=O)C(CC(=O)O)OC(c2cccc(C(NC=O)OC(C)(C)C)c2)c2cc(Cl)ccc21. The number of hydrogen-bond acceptors (Lipinski definition) is 5. The molecule has 0 fully saturated rings. The lowest BCUT2D eigenvalue weighted by atomic mass is 9.97. The van der Waals surface area contributed by atoms with Crippen LogP contribution in [0, 0.1) is 5.92 Å². The van der Waals surface area contributed by atoms with Crippen LogP contribution in [0.5, 0.6) is 0 Å². The molecule has 36 heavy (non-hydrogen) atoms. The Morgan fingerprint density at radius 2 is 1.97 bits per heavy atom. The van der Waals surface area contributed by atoms with E-state index in [-0.39, 0.29) is 5.92 Å². The number of anilines is 1. The number of nitrogens with one attached hydrogen (secondary N) is 1. The van der Waals surface area contributed by atoms with Crippen molar-refractivity contribution in [3.05, 3.63) is 64.2 Å². The molecule has 0 saturated heterocycles. The molecule has 3 rings (SSSR count). The van der Waals surface area contributed by atoms with Crippen LogP contribution in [-0.4, -0.2) is 41.6 Å². The number of rotatable bonds is 9. The number of carbonyl (C=O) groups excluding carboxylic acids is 2. The largest absolute Gasteiger partial charge is 0.481 e. The van der Waals surface area contributed by atoms with E-state index in [1.807, 2.05) is 52.8 Å². The number of ether oxygens (including phenoxy) is 2. The molecule has 3 atom stereocenters. The average molecular weight is 517 g/mol. The highest BCUT2D eigenvalue weighted by Gasteiger charge is 2.38. The van der Waals surface area contributed by atoms with Gasteiger partial charge in [-0.2, -0.15) is 0 Å². The summed E-state index contributed by atoms with van der Waals surface area (Å²) in [5, 5.41) is 12.7. The van der Waals surface area contributed by atoms with Crippen LogP contribution in [0.1, 0.15) is 70.1 Å². The molecule has 194 valence electrons. The van der Waals surface area contributed by atoms with E-state index in [1.54, 1.807) is 29.2 Å². The van der Waals surface area contributed by atoms with E-state index in [0.29, 0.717) is 40.4 Å². The predicted octanol–water partition coefficient (Wildman–Crippen LogP) is 4.85. The lowest BCUT2D eigenvalue weighted by Crippen LogP contribution is -2.42. The maximum absolute atomic E-state index is 13.5. The Labute approximate surface area is 216 Å². The minimum Gasteiger partial charge on any atom is -0.481 e. The van der Waals surface area contributed by atoms with Crippen molar-refractivity contribution in [1.29, 1.82) is 0 Å². The third kappa shape index (κ3) is 6.84. The molecule has 0 aromatic heterocycles. The summed E-state index contributed by atoms with van der Waals surface area (Å²) in [6, 6.07) is 12.5. The summed E-state index contributed by atoms with van der Waals surface area (Å²) < 4.78 is 12.3. The highest BCUT2D eigenvalue weighted by molar-refractivity contribution is 6.30. The van der Waals surface area contributed by atoms with Crippen LogP contribution in [0.2, 0.25) is 5.02 Å². The van der Waals surface area contributed by atoms with Gasteiger partial charge in [0, 0.05) is 28.4 Å². The highest BCUT2D eigenvalue weighted by atomic mass is 35.5. The van der Waals surface area contributed by atoms with Crippen molar-refractivity contribution < 1.29 is 29.0 Å². The van der Waals surface area contributed by atoms with Crippen molar-refractivity contribution in [2.24, 2.45) is 5.92 Å². The number of carboxylic acids is 1. The summed E-state index contributed by atoms with van der Waals surface area (Å²) in [6.45, 7) is 10.0. The molecule has 0 aliphatic carbocycles. The van der Waals surface area contributed by atoms with Crippen molar-refractivity contribution in [3.63, 3.8) is 0 Å². The lowest BCUT2D eigenvalue weighted by molar-refractivity contribution is -0.146. The van der Waals surface area contributed by atoms with Gasteiger partial charge in [-0.1, -0.05) is 43.6 Å². The Morgan fingerprint density at radius 1 is 1.25 bits per heavy atom. The number of carboxylic acid groups (broad SMARTS) is 1.